The molecule has 1 aromatic carbocycles. The van der Waals surface area contributed by atoms with Crippen molar-refractivity contribution in [3.8, 4) is 0 Å². The third-order valence-corrected chi connectivity index (χ3v) is 4.74. The maximum atomic E-state index is 6.04. The number of nitrogens with two attached hydrogens (primary N) is 1. The van der Waals surface area contributed by atoms with Crippen molar-refractivity contribution in [1.82, 2.24) is 9.80 Å². The molecule has 0 aliphatic carbocycles. The third kappa shape index (κ3) is 3.81. The van der Waals surface area contributed by atoms with E-state index in [-0.39, 0.29) is 5.54 Å². The van der Waals surface area contributed by atoms with E-state index in [9.17, 15) is 0 Å². The van der Waals surface area contributed by atoms with E-state index in [4.69, 9.17) is 5.73 Å². The van der Waals surface area contributed by atoms with Crippen LogP contribution in [0.4, 0.5) is 0 Å². The summed E-state index contributed by atoms with van der Waals surface area (Å²) in [4.78, 5) is 5.04. The topological polar surface area (TPSA) is 32.5 Å². The van der Waals surface area contributed by atoms with Gasteiger partial charge < -0.3 is 5.73 Å². The molecule has 0 spiro atoms. The van der Waals surface area contributed by atoms with Crippen molar-refractivity contribution in [2.75, 3.05) is 33.2 Å². The molecule has 1 atom stereocenters. The minimum atomic E-state index is 0.248. The van der Waals surface area contributed by atoms with E-state index in [2.05, 4.69) is 61.0 Å². The van der Waals surface area contributed by atoms with E-state index in [1.807, 2.05) is 0 Å². The predicted octanol–water partition coefficient (Wildman–Crippen LogP) is 1.97. The summed E-state index contributed by atoms with van der Waals surface area (Å²) in [6.07, 6.45) is 2.27. The number of rotatable bonds is 5. The summed E-state index contributed by atoms with van der Waals surface area (Å²) in [5.41, 5.74) is 7.70. The molecule has 1 saturated heterocycles. The third-order valence-electron chi connectivity index (χ3n) is 4.74. The molecule has 1 fully saturated rings. The first-order chi connectivity index (χ1) is 9.53. The van der Waals surface area contributed by atoms with Gasteiger partial charge in [-0.25, -0.2) is 0 Å². The summed E-state index contributed by atoms with van der Waals surface area (Å²) >= 11 is 0. The number of benzene rings is 1. The van der Waals surface area contributed by atoms with Gasteiger partial charge in [-0.2, -0.15) is 0 Å². The quantitative estimate of drug-likeness (QED) is 0.892. The molecule has 2 N–H and O–H groups in total. The summed E-state index contributed by atoms with van der Waals surface area (Å²) in [6.45, 7) is 8.78. The van der Waals surface area contributed by atoms with Crippen LogP contribution in [0.25, 0.3) is 0 Å². The summed E-state index contributed by atoms with van der Waals surface area (Å²) in [5, 5.41) is 0. The highest BCUT2D eigenvalue weighted by molar-refractivity contribution is 5.14. The molecule has 0 radical (unpaired) electrons. The van der Waals surface area contributed by atoms with Crippen LogP contribution in [0.2, 0.25) is 0 Å². The van der Waals surface area contributed by atoms with E-state index in [1.54, 1.807) is 0 Å². The molecule has 112 valence electrons. The van der Waals surface area contributed by atoms with Gasteiger partial charge >= 0.3 is 0 Å². The van der Waals surface area contributed by atoms with E-state index in [0.717, 1.165) is 39.0 Å². The lowest BCUT2D eigenvalue weighted by atomic mass is 9.96. The van der Waals surface area contributed by atoms with Crippen molar-refractivity contribution in [2.45, 2.75) is 38.3 Å². The highest BCUT2D eigenvalue weighted by Gasteiger charge is 2.33. The van der Waals surface area contributed by atoms with E-state index in [0.29, 0.717) is 6.04 Å². The highest BCUT2D eigenvalue weighted by atomic mass is 15.3. The molecule has 2 rings (SSSR count). The second-order valence-electron chi connectivity index (χ2n) is 6.62. The number of aryl methyl sites for hydroxylation is 1. The van der Waals surface area contributed by atoms with Gasteiger partial charge in [-0.05, 0) is 39.3 Å². The summed E-state index contributed by atoms with van der Waals surface area (Å²) < 4.78 is 0. The fourth-order valence-electron chi connectivity index (χ4n) is 3.02. The predicted molar refractivity (Wildman–Crippen MR) is 85.9 cm³/mol. The van der Waals surface area contributed by atoms with Gasteiger partial charge in [0.05, 0.1) is 0 Å². The van der Waals surface area contributed by atoms with Crippen LogP contribution in [0.3, 0.4) is 0 Å². The van der Waals surface area contributed by atoms with E-state index in [1.165, 1.54) is 5.56 Å². The molecule has 1 unspecified atom stereocenters. The molecule has 3 nitrogen and oxygen atoms in total. The van der Waals surface area contributed by atoms with Crippen molar-refractivity contribution < 1.29 is 0 Å². The largest absolute Gasteiger partial charge is 0.329 e. The van der Waals surface area contributed by atoms with Gasteiger partial charge in [0.2, 0.25) is 0 Å². The van der Waals surface area contributed by atoms with Gasteiger partial charge in [-0.3, -0.25) is 9.80 Å². The number of hydrogen-bond acceptors (Lipinski definition) is 3. The fourth-order valence-corrected chi connectivity index (χ4v) is 3.02. The van der Waals surface area contributed by atoms with Gasteiger partial charge in [0, 0.05) is 37.8 Å². The van der Waals surface area contributed by atoms with Gasteiger partial charge in [0.25, 0.3) is 0 Å². The Hall–Kier alpha value is -0.900. The molecule has 1 heterocycles. The Labute approximate surface area is 123 Å². The fraction of sp³-hybridized carbons (Fsp3) is 0.647. The molecular formula is C17H29N3. The molecule has 0 amide bonds. The molecule has 0 saturated carbocycles. The van der Waals surface area contributed by atoms with Crippen LogP contribution in [0.1, 0.15) is 25.8 Å². The van der Waals surface area contributed by atoms with Crippen molar-refractivity contribution in [1.29, 1.82) is 0 Å². The lowest BCUT2D eigenvalue weighted by Crippen LogP contribution is -2.60. The first-order valence-corrected chi connectivity index (χ1v) is 7.72. The molecule has 1 aromatic rings. The van der Waals surface area contributed by atoms with Crippen molar-refractivity contribution in [3.63, 3.8) is 0 Å². The van der Waals surface area contributed by atoms with Crippen LogP contribution >= 0.6 is 0 Å². The zero-order valence-corrected chi connectivity index (χ0v) is 13.2. The lowest BCUT2D eigenvalue weighted by molar-refractivity contribution is 0.0167. The minimum Gasteiger partial charge on any atom is -0.329 e. The molecule has 1 aliphatic rings. The minimum absolute atomic E-state index is 0.248. The van der Waals surface area contributed by atoms with Crippen molar-refractivity contribution >= 4 is 0 Å². The van der Waals surface area contributed by atoms with Crippen LogP contribution in [-0.2, 0) is 6.42 Å². The van der Waals surface area contributed by atoms with Crippen LogP contribution in [0.15, 0.2) is 30.3 Å². The van der Waals surface area contributed by atoms with Gasteiger partial charge in [-0.1, -0.05) is 30.3 Å². The van der Waals surface area contributed by atoms with Gasteiger partial charge in [0.15, 0.2) is 0 Å². The lowest BCUT2D eigenvalue weighted by Gasteiger charge is -2.48. The Kier molecular flexibility index (Phi) is 5.19. The molecule has 0 aromatic heterocycles. The Morgan fingerprint density at radius 2 is 1.90 bits per heavy atom. The smallest absolute Gasteiger partial charge is 0.0277 e. The first-order valence-electron chi connectivity index (χ1n) is 7.72. The standard InChI is InChI=1S/C17H29N3/c1-17(2)14-20(12-11-19(17)3)16(13-18)10-9-15-7-5-4-6-8-15/h4-8,16H,9-14,18H2,1-3H3. The highest BCUT2D eigenvalue weighted by Crippen LogP contribution is 2.21. The van der Waals surface area contributed by atoms with Crippen LogP contribution in [0, 0.1) is 0 Å². The zero-order chi connectivity index (χ0) is 14.6. The summed E-state index contributed by atoms with van der Waals surface area (Å²) in [5.74, 6) is 0. The molecule has 3 heteroatoms. The second kappa shape index (κ2) is 6.70. The Balaban J connectivity index is 1.92. The Bertz CT molecular complexity index is 402. The molecule has 1 aliphatic heterocycles. The van der Waals surface area contributed by atoms with Crippen molar-refractivity contribution in [3.05, 3.63) is 35.9 Å². The summed E-state index contributed by atoms with van der Waals surface area (Å²) in [7, 11) is 2.22. The normalized spacial score (nSPS) is 21.8. The molecular weight excluding hydrogens is 246 g/mol. The van der Waals surface area contributed by atoms with Gasteiger partial charge in [-0.15, -0.1) is 0 Å². The zero-order valence-electron chi connectivity index (χ0n) is 13.2. The molecule has 0 bridgehead atoms. The van der Waals surface area contributed by atoms with Gasteiger partial charge in [0.1, 0.15) is 0 Å². The average molecular weight is 275 g/mol. The van der Waals surface area contributed by atoms with Crippen LogP contribution < -0.4 is 5.73 Å². The second-order valence-corrected chi connectivity index (χ2v) is 6.62. The first kappa shape index (κ1) is 15.5. The van der Waals surface area contributed by atoms with Crippen molar-refractivity contribution in [2.24, 2.45) is 5.73 Å². The number of nitrogens with zero attached hydrogens (tertiary/aromatic N) is 2. The van der Waals surface area contributed by atoms with Crippen LogP contribution in [-0.4, -0.2) is 54.6 Å². The number of likely N-dealkylation sites (N-methyl/N-ethyl adjacent to an activating group) is 1. The van der Waals surface area contributed by atoms with E-state index < -0.39 is 0 Å². The number of piperazine rings is 1. The number of hydrogen-bond donors (Lipinski definition) is 1. The monoisotopic (exact) mass is 275 g/mol. The maximum Gasteiger partial charge on any atom is 0.0277 e. The van der Waals surface area contributed by atoms with E-state index >= 15 is 0 Å². The SMILES string of the molecule is CN1CCN(C(CN)CCc2ccccc2)CC1(C)C. The Morgan fingerprint density at radius 3 is 2.50 bits per heavy atom. The van der Waals surface area contributed by atoms with Crippen LogP contribution in [0.5, 0.6) is 0 Å². The Morgan fingerprint density at radius 1 is 1.20 bits per heavy atom. The maximum absolute atomic E-state index is 6.04. The molecule has 20 heavy (non-hydrogen) atoms. The average Bonchev–Trinajstić information content (AvgIpc) is 2.44. The summed E-state index contributed by atoms with van der Waals surface area (Å²) in [6, 6.07) is 11.2.